The van der Waals surface area contributed by atoms with Crippen LogP contribution >= 0.6 is 0 Å². The molecule has 98 valence electrons. The summed E-state index contributed by atoms with van der Waals surface area (Å²) in [6.07, 6.45) is -0.577. The summed E-state index contributed by atoms with van der Waals surface area (Å²) in [5, 5.41) is 16.0. The van der Waals surface area contributed by atoms with Crippen LogP contribution in [0.15, 0.2) is 35.1 Å². The van der Waals surface area contributed by atoms with Crippen molar-refractivity contribution in [1.29, 1.82) is 0 Å². The number of nitrogens with one attached hydrogen (secondary N) is 3. The molecule has 0 aliphatic rings. The molecule has 0 atom stereocenters. The van der Waals surface area contributed by atoms with Crippen molar-refractivity contribution in [3.63, 3.8) is 0 Å². The van der Waals surface area contributed by atoms with E-state index in [9.17, 15) is 14.4 Å². The summed E-state index contributed by atoms with van der Waals surface area (Å²) in [5.41, 5.74) is 1.67. The number of carboxylic acids is 1. The number of carbonyl (C=O) groups excluding carboxylic acids is 1. The fraction of sp³-hybridized carbons (Fsp3) is 0.0833. The quantitative estimate of drug-likeness (QED) is 0.609. The van der Waals surface area contributed by atoms with Gasteiger partial charge >= 0.3 is 5.97 Å². The molecule has 1 heterocycles. The van der Waals surface area contributed by atoms with Gasteiger partial charge in [0.15, 0.2) is 0 Å². The average molecular weight is 261 g/mol. The van der Waals surface area contributed by atoms with Crippen molar-refractivity contribution in [2.24, 2.45) is 0 Å². The van der Waals surface area contributed by atoms with Gasteiger partial charge < -0.3 is 10.4 Å². The molecular formula is C12H11N3O4. The van der Waals surface area contributed by atoms with Gasteiger partial charge in [-0.25, -0.2) is 0 Å². The maximum absolute atomic E-state index is 11.2. The summed E-state index contributed by atoms with van der Waals surface area (Å²) in [5.74, 6) is -1.77. The van der Waals surface area contributed by atoms with Gasteiger partial charge in [-0.15, -0.1) is 0 Å². The van der Waals surface area contributed by atoms with Gasteiger partial charge in [0.25, 0.3) is 5.56 Å². The molecule has 2 aromatic rings. The topological polar surface area (TPSA) is 115 Å². The molecule has 1 aromatic carbocycles. The number of H-pyrrole nitrogens is 2. The Bertz CT molecular complexity index is 654. The summed E-state index contributed by atoms with van der Waals surface area (Å²) in [7, 11) is 0. The number of carboxylic acid groups (broad SMARTS) is 1. The van der Waals surface area contributed by atoms with Crippen molar-refractivity contribution in [1.82, 2.24) is 10.2 Å². The number of carbonyl (C=O) groups is 2. The summed E-state index contributed by atoms with van der Waals surface area (Å²) >= 11 is 0. The van der Waals surface area contributed by atoms with E-state index < -0.39 is 18.3 Å². The summed E-state index contributed by atoms with van der Waals surface area (Å²) in [6.45, 7) is 0. The lowest BCUT2D eigenvalue weighted by atomic mass is 10.1. The fourth-order valence-electron chi connectivity index (χ4n) is 1.56. The molecule has 1 aromatic heterocycles. The molecule has 7 heteroatoms. The average Bonchev–Trinajstić information content (AvgIpc) is 2.75. The maximum atomic E-state index is 11.2. The SMILES string of the molecule is O=C(O)CC(=O)Nc1ccc(-c2cc(=O)[nH][nH]2)cc1. The third-order valence-electron chi connectivity index (χ3n) is 2.39. The Kier molecular flexibility index (Phi) is 3.46. The van der Waals surface area contributed by atoms with Crippen LogP contribution in [-0.2, 0) is 9.59 Å². The number of aliphatic carboxylic acids is 1. The number of benzene rings is 1. The molecule has 0 aliphatic heterocycles. The Balaban J connectivity index is 2.08. The first kappa shape index (κ1) is 12.6. The van der Waals surface area contributed by atoms with E-state index >= 15 is 0 Å². The first-order valence-corrected chi connectivity index (χ1v) is 5.44. The monoisotopic (exact) mass is 261 g/mol. The Morgan fingerprint density at radius 2 is 1.84 bits per heavy atom. The van der Waals surface area contributed by atoms with Gasteiger partial charge in [0.05, 0.1) is 5.69 Å². The Labute approximate surface area is 107 Å². The molecule has 0 fully saturated rings. The number of anilines is 1. The minimum absolute atomic E-state index is 0.228. The second-order valence-electron chi connectivity index (χ2n) is 3.87. The highest BCUT2D eigenvalue weighted by Gasteiger charge is 2.08. The zero-order chi connectivity index (χ0) is 13.8. The largest absolute Gasteiger partial charge is 0.481 e. The molecular weight excluding hydrogens is 250 g/mol. The van der Waals surface area contributed by atoms with E-state index in [1.165, 1.54) is 6.07 Å². The van der Waals surface area contributed by atoms with Crippen LogP contribution in [-0.4, -0.2) is 27.2 Å². The highest BCUT2D eigenvalue weighted by atomic mass is 16.4. The highest BCUT2D eigenvalue weighted by Crippen LogP contribution is 2.18. The lowest BCUT2D eigenvalue weighted by Gasteiger charge is -2.04. The minimum atomic E-state index is -1.18. The number of amides is 1. The lowest BCUT2D eigenvalue weighted by Crippen LogP contribution is -2.15. The molecule has 0 radical (unpaired) electrons. The van der Waals surface area contributed by atoms with Crippen LogP contribution in [0.4, 0.5) is 5.69 Å². The minimum Gasteiger partial charge on any atom is -0.481 e. The number of aromatic nitrogens is 2. The van der Waals surface area contributed by atoms with E-state index in [0.29, 0.717) is 11.4 Å². The molecule has 2 rings (SSSR count). The number of hydrogen-bond acceptors (Lipinski definition) is 3. The summed E-state index contributed by atoms with van der Waals surface area (Å²) in [4.78, 5) is 32.6. The van der Waals surface area contributed by atoms with Crippen molar-refractivity contribution >= 4 is 17.6 Å². The van der Waals surface area contributed by atoms with Crippen LogP contribution in [0.25, 0.3) is 11.3 Å². The van der Waals surface area contributed by atoms with E-state index in [-0.39, 0.29) is 5.56 Å². The molecule has 0 spiro atoms. The van der Waals surface area contributed by atoms with Gasteiger partial charge in [0, 0.05) is 11.8 Å². The number of hydrogen-bond donors (Lipinski definition) is 4. The Morgan fingerprint density at radius 1 is 1.16 bits per heavy atom. The van der Waals surface area contributed by atoms with Crippen LogP contribution in [0.5, 0.6) is 0 Å². The van der Waals surface area contributed by atoms with Crippen LogP contribution in [0.2, 0.25) is 0 Å². The first-order valence-electron chi connectivity index (χ1n) is 5.44. The Morgan fingerprint density at radius 3 is 2.37 bits per heavy atom. The van der Waals surface area contributed by atoms with Crippen molar-refractivity contribution in [2.45, 2.75) is 6.42 Å². The van der Waals surface area contributed by atoms with E-state index in [0.717, 1.165) is 5.56 Å². The second kappa shape index (κ2) is 5.21. The van der Waals surface area contributed by atoms with Crippen LogP contribution in [0, 0.1) is 0 Å². The maximum Gasteiger partial charge on any atom is 0.312 e. The number of rotatable bonds is 4. The van der Waals surface area contributed by atoms with Crippen LogP contribution < -0.4 is 10.9 Å². The molecule has 0 unspecified atom stereocenters. The fourth-order valence-corrected chi connectivity index (χ4v) is 1.56. The van der Waals surface area contributed by atoms with Gasteiger partial charge in [-0.2, -0.15) is 0 Å². The smallest absolute Gasteiger partial charge is 0.312 e. The highest BCUT2D eigenvalue weighted by molar-refractivity contribution is 6.01. The van der Waals surface area contributed by atoms with Gasteiger partial charge in [-0.3, -0.25) is 24.6 Å². The van der Waals surface area contributed by atoms with Crippen LogP contribution in [0.1, 0.15) is 6.42 Å². The zero-order valence-corrected chi connectivity index (χ0v) is 9.77. The third kappa shape index (κ3) is 3.32. The molecule has 0 aliphatic carbocycles. The molecule has 0 bridgehead atoms. The second-order valence-corrected chi connectivity index (χ2v) is 3.87. The lowest BCUT2D eigenvalue weighted by molar-refractivity contribution is -0.139. The molecule has 7 nitrogen and oxygen atoms in total. The van der Waals surface area contributed by atoms with Crippen molar-refractivity contribution in [2.75, 3.05) is 5.32 Å². The molecule has 4 N–H and O–H groups in total. The molecule has 19 heavy (non-hydrogen) atoms. The van der Waals surface area contributed by atoms with E-state index in [1.807, 2.05) is 0 Å². The Hall–Kier alpha value is -2.83. The number of aromatic amines is 2. The van der Waals surface area contributed by atoms with Gasteiger partial charge in [0.2, 0.25) is 5.91 Å². The van der Waals surface area contributed by atoms with Crippen molar-refractivity contribution in [3.8, 4) is 11.3 Å². The third-order valence-corrected chi connectivity index (χ3v) is 2.39. The van der Waals surface area contributed by atoms with Gasteiger partial charge in [0.1, 0.15) is 6.42 Å². The van der Waals surface area contributed by atoms with E-state index in [2.05, 4.69) is 15.5 Å². The molecule has 1 amide bonds. The normalized spacial score (nSPS) is 10.1. The van der Waals surface area contributed by atoms with Gasteiger partial charge in [-0.05, 0) is 17.7 Å². The van der Waals surface area contributed by atoms with Gasteiger partial charge in [-0.1, -0.05) is 12.1 Å². The predicted octanol–water partition coefficient (Wildman–Crippen LogP) is 0.783. The van der Waals surface area contributed by atoms with Crippen molar-refractivity contribution in [3.05, 3.63) is 40.7 Å². The van der Waals surface area contributed by atoms with E-state index in [1.54, 1.807) is 24.3 Å². The van der Waals surface area contributed by atoms with E-state index in [4.69, 9.17) is 5.11 Å². The summed E-state index contributed by atoms with van der Waals surface area (Å²) in [6, 6.07) is 8.07. The first-order chi connectivity index (χ1) is 9.04. The molecule has 0 saturated heterocycles. The predicted molar refractivity (Wildman–Crippen MR) is 67.7 cm³/mol. The van der Waals surface area contributed by atoms with Crippen molar-refractivity contribution < 1.29 is 14.7 Å². The zero-order valence-electron chi connectivity index (χ0n) is 9.77. The standard InChI is InChI=1S/C12H11N3O4/c16-10(6-12(18)19)13-8-3-1-7(2-4-8)9-5-11(17)15-14-9/h1-5H,6H2,(H,13,16)(H,18,19)(H2,14,15,17). The summed E-state index contributed by atoms with van der Waals surface area (Å²) < 4.78 is 0. The molecule has 0 saturated carbocycles. The van der Waals surface area contributed by atoms with Crippen LogP contribution in [0.3, 0.4) is 0 Å².